The Morgan fingerprint density at radius 1 is 1.15 bits per heavy atom. The normalized spacial score (nSPS) is 13.4. The number of H-pyrrole nitrogens is 1. The van der Waals surface area contributed by atoms with Gasteiger partial charge in [0.05, 0.1) is 16.9 Å². The lowest BCUT2D eigenvalue weighted by Gasteiger charge is -2.11. The number of para-hydroxylation sites is 1. The van der Waals surface area contributed by atoms with E-state index in [1.54, 1.807) is 12.5 Å². The number of carbonyl (C=O) groups is 1. The highest BCUT2D eigenvalue weighted by Gasteiger charge is 2.30. The monoisotopic (exact) mass is 475 g/mol. The van der Waals surface area contributed by atoms with Crippen LogP contribution in [-0.4, -0.2) is 30.6 Å². The minimum atomic E-state index is 0.0280. The van der Waals surface area contributed by atoms with E-state index in [1.807, 2.05) is 53.1 Å². The maximum atomic E-state index is 12.1. The molecule has 10 heteroatoms. The lowest BCUT2D eigenvalue weighted by molar-refractivity contribution is -0.117. The highest BCUT2D eigenvalue weighted by molar-refractivity contribution is 7.22. The first-order valence-electron chi connectivity index (χ1n) is 10.5. The van der Waals surface area contributed by atoms with Crippen LogP contribution in [0.2, 0.25) is 5.02 Å². The topological polar surface area (TPSA) is 101 Å². The number of fused-ring (bicyclic) bond motifs is 1. The van der Waals surface area contributed by atoms with Gasteiger partial charge >= 0.3 is 0 Å². The zero-order chi connectivity index (χ0) is 22.4. The number of imidazole rings is 1. The summed E-state index contributed by atoms with van der Waals surface area (Å²) in [5.74, 6) is 0.802. The summed E-state index contributed by atoms with van der Waals surface area (Å²) in [6.07, 6.45) is 5.34. The number of anilines is 3. The molecule has 3 heterocycles. The van der Waals surface area contributed by atoms with Crippen molar-refractivity contribution in [3.8, 4) is 17.1 Å². The van der Waals surface area contributed by atoms with E-state index in [9.17, 15) is 4.79 Å². The largest absolute Gasteiger partial charge is 0.355 e. The van der Waals surface area contributed by atoms with E-state index >= 15 is 0 Å². The van der Waals surface area contributed by atoms with Crippen LogP contribution in [0.15, 0.2) is 61.1 Å². The Hall–Kier alpha value is -3.69. The smallest absolute Gasteiger partial charge is 0.229 e. The second-order valence-corrected chi connectivity index (χ2v) is 9.25. The Morgan fingerprint density at radius 3 is 2.79 bits per heavy atom. The molecule has 3 aromatic heterocycles. The van der Waals surface area contributed by atoms with Crippen molar-refractivity contribution in [3.05, 3.63) is 66.1 Å². The molecule has 5 aromatic rings. The summed E-state index contributed by atoms with van der Waals surface area (Å²) >= 11 is 8.05. The van der Waals surface area contributed by atoms with Crippen LogP contribution in [0.25, 0.3) is 27.4 Å². The van der Waals surface area contributed by atoms with Crippen molar-refractivity contribution in [2.75, 3.05) is 10.6 Å². The van der Waals surface area contributed by atoms with Crippen LogP contribution in [0.4, 0.5) is 16.5 Å². The Labute approximate surface area is 197 Å². The van der Waals surface area contributed by atoms with Crippen LogP contribution in [0.3, 0.4) is 0 Å². The third-order valence-corrected chi connectivity index (χ3v) is 6.73. The Balaban J connectivity index is 1.31. The summed E-state index contributed by atoms with van der Waals surface area (Å²) in [6.45, 7) is 0. The number of amides is 1. The SMILES string of the molecule is O=C(Nc1nc2[nH]nc(-n3cncc3-c3ccc(Nc4ccccc4)cc3Cl)c2s1)C1CC1. The highest BCUT2D eigenvalue weighted by Crippen LogP contribution is 2.36. The van der Waals surface area contributed by atoms with Gasteiger partial charge in [-0.25, -0.2) is 9.97 Å². The zero-order valence-corrected chi connectivity index (χ0v) is 18.8. The van der Waals surface area contributed by atoms with Crippen molar-refractivity contribution >= 4 is 55.7 Å². The molecule has 0 saturated heterocycles. The van der Waals surface area contributed by atoms with Gasteiger partial charge < -0.3 is 10.6 Å². The van der Waals surface area contributed by atoms with Crippen molar-refractivity contribution < 1.29 is 4.79 Å². The van der Waals surface area contributed by atoms with Crippen LogP contribution >= 0.6 is 22.9 Å². The molecule has 33 heavy (non-hydrogen) atoms. The molecule has 8 nitrogen and oxygen atoms in total. The van der Waals surface area contributed by atoms with Gasteiger partial charge in [-0.05, 0) is 43.2 Å². The molecular formula is C23H18ClN7OS. The highest BCUT2D eigenvalue weighted by atomic mass is 35.5. The molecule has 1 aliphatic rings. The molecule has 3 N–H and O–H groups in total. The number of aromatic amines is 1. The zero-order valence-electron chi connectivity index (χ0n) is 17.2. The van der Waals surface area contributed by atoms with Gasteiger partial charge in [0.15, 0.2) is 16.6 Å². The second-order valence-electron chi connectivity index (χ2n) is 7.84. The first-order valence-corrected chi connectivity index (χ1v) is 11.7. The number of hydrogen-bond acceptors (Lipinski definition) is 6. The molecule has 1 saturated carbocycles. The van der Waals surface area contributed by atoms with Crippen molar-refractivity contribution in [3.63, 3.8) is 0 Å². The van der Waals surface area contributed by atoms with Gasteiger partial charge in [-0.1, -0.05) is 41.1 Å². The molecule has 1 fully saturated rings. The van der Waals surface area contributed by atoms with Crippen molar-refractivity contribution in [2.24, 2.45) is 5.92 Å². The fourth-order valence-electron chi connectivity index (χ4n) is 3.63. The molecule has 1 amide bonds. The number of nitrogens with zero attached hydrogens (tertiary/aromatic N) is 4. The van der Waals surface area contributed by atoms with Crippen LogP contribution < -0.4 is 10.6 Å². The van der Waals surface area contributed by atoms with Crippen molar-refractivity contribution in [2.45, 2.75) is 12.8 Å². The molecule has 0 atom stereocenters. The number of rotatable bonds is 6. The summed E-state index contributed by atoms with van der Waals surface area (Å²) in [7, 11) is 0. The summed E-state index contributed by atoms with van der Waals surface area (Å²) in [5.41, 5.74) is 4.13. The van der Waals surface area contributed by atoms with E-state index in [0.717, 1.165) is 40.2 Å². The molecule has 6 rings (SSSR count). The molecule has 0 bridgehead atoms. The third-order valence-electron chi connectivity index (χ3n) is 5.45. The number of benzene rings is 2. The summed E-state index contributed by atoms with van der Waals surface area (Å²) in [4.78, 5) is 20.9. The fraction of sp³-hybridized carbons (Fsp3) is 0.130. The predicted molar refractivity (Wildman–Crippen MR) is 130 cm³/mol. The Bertz CT molecular complexity index is 1470. The lowest BCUT2D eigenvalue weighted by atomic mass is 10.1. The number of aromatic nitrogens is 5. The maximum Gasteiger partial charge on any atom is 0.229 e. The maximum absolute atomic E-state index is 12.1. The number of carbonyl (C=O) groups excluding carboxylic acids is 1. The Morgan fingerprint density at radius 2 is 2.00 bits per heavy atom. The molecule has 0 spiro atoms. The minimum absolute atomic E-state index is 0.0280. The first-order chi connectivity index (χ1) is 16.2. The standard InChI is InChI=1S/C23H18ClN7OS/c24-17-10-15(26-14-4-2-1-3-5-14)8-9-16(17)18-11-25-12-31(18)21-19-20(29-30-21)27-23(33-19)28-22(32)13-6-7-13/h1-5,8-13,26H,6-7H2,(H2,27,28,29,30,32). The molecule has 0 unspecified atom stereocenters. The average molecular weight is 476 g/mol. The van der Waals surface area contributed by atoms with E-state index in [-0.39, 0.29) is 11.8 Å². The number of hydrogen-bond donors (Lipinski definition) is 3. The predicted octanol–water partition coefficient (Wildman–Crippen LogP) is 5.62. The molecule has 0 aliphatic heterocycles. The van der Waals surface area contributed by atoms with Gasteiger partial charge in [-0.15, -0.1) is 0 Å². The van der Waals surface area contributed by atoms with Crippen LogP contribution in [0.5, 0.6) is 0 Å². The van der Waals surface area contributed by atoms with E-state index in [1.165, 1.54) is 11.3 Å². The van der Waals surface area contributed by atoms with Crippen LogP contribution in [0.1, 0.15) is 12.8 Å². The second kappa shape index (κ2) is 8.02. The molecular weight excluding hydrogens is 458 g/mol. The van der Waals surface area contributed by atoms with Gasteiger partial charge in [0, 0.05) is 22.9 Å². The first kappa shape index (κ1) is 20.0. The van der Waals surface area contributed by atoms with Gasteiger partial charge in [-0.2, -0.15) is 5.10 Å². The summed E-state index contributed by atoms with van der Waals surface area (Å²) in [5, 5.41) is 14.8. The average Bonchev–Trinajstić information content (AvgIpc) is 3.25. The van der Waals surface area contributed by atoms with Gasteiger partial charge in [0.2, 0.25) is 5.91 Å². The molecule has 0 radical (unpaired) electrons. The summed E-state index contributed by atoms with van der Waals surface area (Å²) in [6, 6.07) is 15.7. The van der Waals surface area contributed by atoms with E-state index < -0.39 is 0 Å². The molecule has 1 aliphatic carbocycles. The van der Waals surface area contributed by atoms with E-state index in [4.69, 9.17) is 11.6 Å². The molecule has 164 valence electrons. The van der Waals surface area contributed by atoms with Crippen LogP contribution in [-0.2, 0) is 4.79 Å². The number of nitrogens with one attached hydrogen (secondary N) is 3. The third kappa shape index (κ3) is 3.85. The quantitative estimate of drug-likeness (QED) is 0.296. The number of halogens is 1. The molecule has 2 aromatic carbocycles. The fourth-order valence-corrected chi connectivity index (χ4v) is 4.81. The van der Waals surface area contributed by atoms with Crippen LogP contribution in [0, 0.1) is 5.92 Å². The van der Waals surface area contributed by atoms with E-state index in [2.05, 4.69) is 30.8 Å². The summed E-state index contributed by atoms with van der Waals surface area (Å²) < 4.78 is 2.70. The minimum Gasteiger partial charge on any atom is -0.355 e. The van der Waals surface area contributed by atoms with Gasteiger partial charge in [0.25, 0.3) is 0 Å². The number of thiazole rings is 1. The Kier molecular flexibility index (Phi) is 4.85. The van der Waals surface area contributed by atoms with Gasteiger partial charge in [0.1, 0.15) is 11.0 Å². The van der Waals surface area contributed by atoms with E-state index in [0.29, 0.717) is 21.6 Å². The van der Waals surface area contributed by atoms with Crippen molar-refractivity contribution in [1.82, 2.24) is 24.7 Å². The van der Waals surface area contributed by atoms with Crippen molar-refractivity contribution in [1.29, 1.82) is 0 Å². The lowest BCUT2D eigenvalue weighted by Crippen LogP contribution is -2.12. The van der Waals surface area contributed by atoms with Gasteiger partial charge in [-0.3, -0.25) is 14.5 Å².